The van der Waals surface area contributed by atoms with Gasteiger partial charge in [0.1, 0.15) is 0 Å². The van der Waals surface area contributed by atoms with Gasteiger partial charge in [-0.15, -0.1) is 0 Å². The van der Waals surface area contributed by atoms with Crippen molar-refractivity contribution >= 4 is 26.8 Å². The number of allylic oxidation sites excluding steroid dienone is 2. The summed E-state index contributed by atoms with van der Waals surface area (Å²) in [7, 11) is 0.147. The van der Waals surface area contributed by atoms with Crippen LogP contribution in [0.15, 0.2) is 23.0 Å². The van der Waals surface area contributed by atoms with Crippen LogP contribution in [-0.4, -0.2) is 11.1 Å². The maximum Gasteiger partial charge on any atom is 0.0111 e. The van der Waals surface area contributed by atoms with E-state index >= 15 is 0 Å². The summed E-state index contributed by atoms with van der Waals surface area (Å²) in [6, 6.07) is 0. The normalized spacial score (nSPS) is 20.4. The van der Waals surface area contributed by atoms with Crippen LogP contribution in [0, 0.1) is 0 Å². The molecule has 1 rings (SSSR count). The van der Waals surface area contributed by atoms with Gasteiger partial charge in [-0.1, -0.05) is 28.1 Å². The van der Waals surface area contributed by atoms with Crippen molar-refractivity contribution in [2.75, 3.05) is 11.1 Å². The van der Waals surface area contributed by atoms with Gasteiger partial charge in [-0.25, -0.2) is 10.9 Å². The second-order valence-corrected chi connectivity index (χ2v) is 4.47. The molecule has 0 unspecified atom stereocenters. The molecule has 0 nitrogen and oxygen atoms in total. The van der Waals surface area contributed by atoms with E-state index in [0.717, 1.165) is 5.33 Å². The van der Waals surface area contributed by atoms with E-state index in [1.165, 1.54) is 5.75 Å². The fourth-order valence-corrected chi connectivity index (χ4v) is 3.08. The maximum atomic E-state index is 3.41. The fraction of sp³-hybridized carbons (Fsp3) is 0.333. The highest BCUT2D eigenvalue weighted by Crippen LogP contribution is 2.32. The van der Waals surface area contributed by atoms with Crippen LogP contribution < -0.4 is 0 Å². The highest BCUT2D eigenvalue weighted by Gasteiger charge is 1.94. The molecule has 0 radical (unpaired) electrons. The Hall–Kier alpha value is 0.310. The van der Waals surface area contributed by atoms with Gasteiger partial charge in [0.05, 0.1) is 0 Å². The Morgan fingerprint density at radius 2 is 1.88 bits per heavy atom. The Bertz CT molecular complexity index is 106. The van der Waals surface area contributed by atoms with Crippen molar-refractivity contribution in [2.24, 2.45) is 0 Å². The van der Waals surface area contributed by atoms with E-state index < -0.39 is 0 Å². The first-order chi connectivity index (χ1) is 3.93. The molecule has 0 fully saturated rings. The largest absolute Gasteiger partial charge is 0.212 e. The van der Waals surface area contributed by atoms with E-state index in [9.17, 15) is 0 Å². The van der Waals surface area contributed by atoms with Gasteiger partial charge in [0.2, 0.25) is 0 Å². The molecule has 0 saturated heterocycles. The molecule has 8 heavy (non-hydrogen) atoms. The molecule has 2 heteroatoms. The lowest BCUT2D eigenvalue weighted by atomic mass is 10.6. The maximum absolute atomic E-state index is 3.41. The summed E-state index contributed by atoms with van der Waals surface area (Å²) in [6.07, 6.45) is 4.27. The summed E-state index contributed by atoms with van der Waals surface area (Å²) in [4.78, 5) is 0. The Kier molecular flexibility index (Phi) is 2.70. The summed E-state index contributed by atoms with van der Waals surface area (Å²) in [5.41, 5.74) is 0. The number of hydrogen-bond donors (Lipinski definition) is 1. The third-order valence-corrected chi connectivity index (χ3v) is 3.87. The van der Waals surface area contributed by atoms with E-state index in [2.05, 4.69) is 38.9 Å². The predicted molar refractivity (Wildman–Crippen MR) is 45.9 cm³/mol. The van der Waals surface area contributed by atoms with Gasteiger partial charge in [0.25, 0.3) is 0 Å². The van der Waals surface area contributed by atoms with Crippen LogP contribution in [-0.2, 0) is 0 Å². The third kappa shape index (κ3) is 1.67. The molecule has 0 amide bonds. The molecule has 0 aromatic heterocycles. The first kappa shape index (κ1) is 6.43. The van der Waals surface area contributed by atoms with Crippen LogP contribution >= 0.6 is 26.8 Å². The van der Waals surface area contributed by atoms with Crippen LogP contribution in [0.5, 0.6) is 0 Å². The Morgan fingerprint density at radius 3 is 2.38 bits per heavy atom. The zero-order valence-corrected chi connectivity index (χ0v) is 7.03. The van der Waals surface area contributed by atoms with Gasteiger partial charge < -0.3 is 0 Å². The lowest BCUT2D eigenvalue weighted by molar-refractivity contribution is 1.58. The van der Waals surface area contributed by atoms with E-state index in [0.29, 0.717) is 0 Å². The Labute approximate surface area is 61.1 Å². The van der Waals surface area contributed by atoms with Crippen molar-refractivity contribution in [1.82, 2.24) is 0 Å². The molecule has 0 aromatic carbocycles. The number of thiol groups is 1. The van der Waals surface area contributed by atoms with Gasteiger partial charge in [0, 0.05) is 5.33 Å². The average molecular weight is 193 g/mol. The minimum atomic E-state index is 0.147. The van der Waals surface area contributed by atoms with Gasteiger partial charge in [0.15, 0.2) is 0 Å². The molecule has 0 aliphatic carbocycles. The summed E-state index contributed by atoms with van der Waals surface area (Å²) in [5.74, 6) is 1.29. The van der Waals surface area contributed by atoms with Crippen molar-refractivity contribution in [3.63, 3.8) is 0 Å². The summed E-state index contributed by atoms with van der Waals surface area (Å²) < 4.78 is 0. The topological polar surface area (TPSA) is 0 Å². The molecule has 0 aromatic rings. The summed E-state index contributed by atoms with van der Waals surface area (Å²) in [6.45, 7) is 0. The summed E-state index contributed by atoms with van der Waals surface area (Å²) in [5, 5.41) is 5.71. The molecular formula is C6H9BrS. The van der Waals surface area contributed by atoms with Gasteiger partial charge in [-0.05, 0) is 16.6 Å². The average Bonchev–Trinajstić information content (AvgIpc) is 2.19. The predicted octanol–water partition coefficient (Wildman–Crippen LogP) is 2.42. The molecule has 0 spiro atoms. The molecule has 0 atom stereocenters. The van der Waals surface area contributed by atoms with E-state index in [-0.39, 0.29) is 10.9 Å². The van der Waals surface area contributed by atoms with Gasteiger partial charge in [-0.3, -0.25) is 0 Å². The highest BCUT2D eigenvalue weighted by atomic mass is 79.9. The standard InChI is InChI=1S/C6H9BrS/c7-3-6-8-4-1-2-5-8/h1-2,4-5,8H,3,6H2. The van der Waals surface area contributed by atoms with E-state index in [1.807, 2.05) is 0 Å². The minimum Gasteiger partial charge on any atom is -0.212 e. The van der Waals surface area contributed by atoms with Crippen LogP contribution in [0.2, 0.25) is 0 Å². The van der Waals surface area contributed by atoms with Gasteiger partial charge >= 0.3 is 0 Å². The number of rotatable bonds is 2. The third-order valence-electron chi connectivity index (χ3n) is 1.01. The van der Waals surface area contributed by atoms with E-state index in [4.69, 9.17) is 0 Å². The number of alkyl halides is 1. The second kappa shape index (κ2) is 3.36. The van der Waals surface area contributed by atoms with Crippen molar-refractivity contribution in [3.05, 3.63) is 23.0 Å². The van der Waals surface area contributed by atoms with Crippen molar-refractivity contribution in [3.8, 4) is 0 Å². The molecule has 1 aliphatic rings. The molecule has 0 bridgehead atoms. The Balaban J connectivity index is 2.27. The molecule has 1 heterocycles. The Morgan fingerprint density at radius 1 is 1.25 bits per heavy atom. The monoisotopic (exact) mass is 192 g/mol. The lowest BCUT2D eigenvalue weighted by Gasteiger charge is -2.04. The van der Waals surface area contributed by atoms with Crippen molar-refractivity contribution in [2.45, 2.75) is 0 Å². The number of hydrogen-bond acceptors (Lipinski definition) is 0. The smallest absolute Gasteiger partial charge is 0.0111 e. The van der Waals surface area contributed by atoms with Crippen LogP contribution in [0.4, 0.5) is 0 Å². The lowest BCUT2D eigenvalue weighted by Crippen LogP contribution is -1.79. The second-order valence-electron chi connectivity index (χ2n) is 1.61. The first-order valence-corrected chi connectivity index (χ1v) is 5.39. The van der Waals surface area contributed by atoms with Gasteiger partial charge in [-0.2, -0.15) is 0 Å². The highest BCUT2D eigenvalue weighted by molar-refractivity contribution is 9.09. The fourth-order valence-electron chi connectivity index (χ4n) is 0.617. The van der Waals surface area contributed by atoms with Crippen molar-refractivity contribution in [1.29, 1.82) is 0 Å². The summed E-state index contributed by atoms with van der Waals surface area (Å²) >= 11 is 3.41. The quantitative estimate of drug-likeness (QED) is 0.505. The molecule has 46 valence electrons. The van der Waals surface area contributed by atoms with Crippen LogP contribution in [0.25, 0.3) is 0 Å². The zero-order chi connectivity index (χ0) is 5.82. The van der Waals surface area contributed by atoms with E-state index in [1.54, 1.807) is 0 Å². The van der Waals surface area contributed by atoms with Crippen LogP contribution in [0.3, 0.4) is 0 Å². The molecule has 0 saturated carbocycles. The zero-order valence-electron chi connectivity index (χ0n) is 4.55. The minimum absolute atomic E-state index is 0.147. The molecular weight excluding hydrogens is 184 g/mol. The first-order valence-electron chi connectivity index (χ1n) is 2.60. The SMILES string of the molecule is BrCC[SH]1C=CC=C1. The molecule has 0 N–H and O–H groups in total. The van der Waals surface area contributed by atoms with Crippen LogP contribution in [0.1, 0.15) is 0 Å². The molecule has 1 aliphatic heterocycles. The number of halogens is 1. The van der Waals surface area contributed by atoms with Crippen molar-refractivity contribution < 1.29 is 0 Å².